The molecule has 0 bridgehead atoms. The van der Waals surface area contributed by atoms with E-state index in [0.717, 1.165) is 12.1 Å². The summed E-state index contributed by atoms with van der Waals surface area (Å²) in [6.45, 7) is 3.11. The summed E-state index contributed by atoms with van der Waals surface area (Å²) in [5.41, 5.74) is 1.23. The van der Waals surface area contributed by atoms with Crippen LogP contribution in [0.1, 0.15) is 11.1 Å². The first kappa shape index (κ1) is 42.3. The van der Waals surface area contributed by atoms with E-state index in [1.165, 1.54) is 72.8 Å². The number of nitro groups is 2. The molecule has 18 nitrogen and oxygen atoms in total. The number of nitrogens with zero attached hydrogens (tertiary/aromatic N) is 6. The molecule has 0 fully saturated rings. The third-order valence-corrected chi connectivity index (χ3v) is 9.41. The van der Waals surface area contributed by atoms with Crippen LogP contribution in [-0.4, -0.2) is 83.7 Å². The van der Waals surface area contributed by atoms with Crippen LogP contribution in [0.2, 0.25) is 0 Å². The van der Waals surface area contributed by atoms with Crippen molar-refractivity contribution in [3.05, 3.63) is 128 Å². The normalized spacial score (nSPS) is 11.7. The SMILES string of the molecule is Cc1cc(N=Nc2c(O)ccc3ccc(S(=O)(=O)[O-])cc23)ccc1[N+](=O)[O-].Cc1cc(N=Nc2c(O)ccc3ccc(S(=O)(=O)[O-])cc23)ccc1[N+](=O)[O-].[Ca+2]. The molecule has 0 aromatic heterocycles. The Morgan fingerprint density at radius 3 is 1.18 bits per heavy atom. The van der Waals surface area contributed by atoms with E-state index in [1.54, 1.807) is 26.0 Å². The van der Waals surface area contributed by atoms with Gasteiger partial charge in [0.05, 0.1) is 31.0 Å². The molecular weight excluding hydrogens is 789 g/mol. The number of phenols is 2. The van der Waals surface area contributed by atoms with Crippen molar-refractivity contribution in [2.75, 3.05) is 0 Å². The molecule has 6 aromatic carbocycles. The first-order valence-corrected chi connectivity index (χ1v) is 17.9. The van der Waals surface area contributed by atoms with Gasteiger partial charge in [-0.3, -0.25) is 20.2 Å². The van der Waals surface area contributed by atoms with Gasteiger partial charge in [0.25, 0.3) is 11.4 Å². The third-order valence-electron chi connectivity index (χ3n) is 7.75. The fourth-order valence-electron chi connectivity index (χ4n) is 5.09. The molecule has 0 heterocycles. The van der Waals surface area contributed by atoms with E-state index in [0.29, 0.717) is 33.3 Å². The molecule has 0 saturated carbocycles. The molecule has 55 heavy (non-hydrogen) atoms. The zero-order valence-corrected chi connectivity index (χ0v) is 32.3. The van der Waals surface area contributed by atoms with Crippen molar-refractivity contribution in [3.63, 3.8) is 0 Å². The number of azo groups is 2. The van der Waals surface area contributed by atoms with E-state index < -0.39 is 39.9 Å². The van der Waals surface area contributed by atoms with E-state index in [-0.39, 0.29) is 82.8 Å². The number of hydrogen-bond donors (Lipinski definition) is 2. The van der Waals surface area contributed by atoms with Gasteiger partial charge in [-0.2, -0.15) is 10.2 Å². The summed E-state index contributed by atoms with van der Waals surface area (Å²) in [7, 11) is -9.35. The second-order valence-electron chi connectivity index (χ2n) is 11.4. The second-order valence-corrected chi connectivity index (χ2v) is 14.2. The topological polar surface area (TPSA) is 291 Å². The molecule has 0 radical (unpaired) electrons. The van der Waals surface area contributed by atoms with E-state index in [1.807, 2.05) is 0 Å². The molecule has 2 N–H and O–H groups in total. The fourth-order valence-corrected chi connectivity index (χ4v) is 6.09. The number of phenolic OH excluding ortho intramolecular Hbond substituents is 2. The molecule has 0 unspecified atom stereocenters. The van der Waals surface area contributed by atoms with Crippen molar-refractivity contribution in [3.8, 4) is 11.5 Å². The number of fused-ring (bicyclic) bond motifs is 2. The molecule has 0 aliphatic carbocycles. The van der Waals surface area contributed by atoms with Gasteiger partial charge in [-0.15, -0.1) is 10.2 Å². The van der Waals surface area contributed by atoms with Crippen LogP contribution in [0.4, 0.5) is 34.1 Å². The summed E-state index contributed by atoms with van der Waals surface area (Å²) in [5.74, 6) is -0.518. The van der Waals surface area contributed by atoms with Crippen LogP contribution < -0.4 is 0 Å². The van der Waals surface area contributed by atoms with Crippen LogP contribution in [0.3, 0.4) is 0 Å². The summed E-state index contributed by atoms with van der Waals surface area (Å²) in [6, 6.07) is 21.5. The first-order valence-electron chi connectivity index (χ1n) is 15.1. The molecule has 0 spiro atoms. The largest absolute Gasteiger partial charge is 2.00 e. The number of rotatable bonds is 8. The van der Waals surface area contributed by atoms with Gasteiger partial charge in [-0.1, -0.05) is 24.3 Å². The Morgan fingerprint density at radius 2 is 0.873 bits per heavy atom. The maximum absolute atomic E-state index is 11.2. The van der Waals surface area contributed by atoms with Crippen LogP contribution >= 0.6 is 0 Å². The van der Waals surface area contributed by atoms with Gasteiger partial charge < -0.3 is 19.3 Å². The Kier molecular flexibility index (Phi) is 13.0. The van der Waals surface area contributed by atoms with Crippen LogP contribution in [0.5, 0.6) is 11.5 Å². The Hall–Kier alpha value is -5.48. The van der Waals surface area contributed by atoms with Gasteiger partial charge in [-0.05, 0) is 85.3 Å². The minimum absolute atomic E-state index is 0. The Labute approximate surface area is 341 Å². The summed E-state index contributed by atoms with van der Waals surface area (Å²) < 4.78 is 67.5. The monoisotopic (exact) mass is 812 g/mol. The molecule has 0 aliphatic rings. The standard InChI is InChI=1S/2C17H13N3O6S.Ca/c2*1-10-8-12(4-6-15(10)20(22)23)18-19-17-14-9-13(27(24,25)26)5-2-11(14)3-7-16(17)21;/h2*2-9,21H,1H3,(H,24,25,26);/q;;+2/p-2. The molecule has 6 rings (SSSR count). The third kappa shape index (κ3) is 9.99. The number of nitro benzene ring substituents is 2. The molecule has 21 heteroatoms. The van der Waals surface area contributed by atoms with Crippen LogP contribution in [0.25, 0.3) is 21.5 Å². The summed E-state index contributed by atoms with van der Waals surface area (Å²) in [6.07, 6.45) is 0. The predicted octanol–water partition coefficient (Wildman–Crippen LogP) is 7.78. The predicted molar refractivity (Wildman–Crippen MR) is 197 cm³/mol. The molecular formula is C34H24CaN6O12S2. The minimum Gasteiger partial charge on any atom is -0.744 e. The molecule has 0 amide bonds. The maximum atomic E-state index is 11.2. The van der Waals surface area contributed by atoms with E-state index in [2.05, 4.69) is 20.5 Å². The van der Waals surface area contributed by atoms with Crippen molar-refractivity contribution in [2.24, 2.45) is 20.5 Å². The molecule has 276 valence electrons. The summed E-state index contributed by atoms with van der Waals surface area (Å²) in [4.78, 5) is 19.8. The van der Waals surface area contributed by atoms with Crippen molar-refractivity contribution >= 4 is 114 Å². The van der Waals surface area contributed by atoms with Crippen molar-refractivity contribution in [2.45, 2.75) is 23.6 Å². The van der Waals surface area contributed by atoms with Crippen molar-refractivity contribution in [1.82, 2.24) is 0 Å². The minimum atomic E-state index is -4.68. The van der Waals surface area contributed by atoms with Crippen LogP contribution in [0.15, 0.2) is 127 Å². The molecule has 0 saturated heterocycles. The zero-order valence-electron chi connectivity index (χ0n) is 28.4. The van der Waals surface area contributed by atoms with Crippen LogP contribution in [-0.2, 0) is 20.2 Å². The smallest absolute Gasteiger partial charge is 0.744 e. The van der Waals surface area contributed by atoms with Crippen LogP contribution in [0, 0.1) is 34.1 Å². The second kappa shape index (κ2) is 16.9. The summed E-state index contributed by atoms with van der Waals surface area (Å²) in [5, 5.41) is 59.3. The van der Waals surface area contributed by atoms with Crippen molar-refractivity contribution in [1.29, 1.82) is 0 Å². The van der Waals surface area contributed by atoms with E-state index >= 15 is 0 Å². The zero-order chi connectivity index (χ0) is 39.5. The number of aryl methyl sites for hydroxylation is 2. The average Bonchev–Trinajstić information content (AvgIpc) is 3.09. The van der Waals surface area contributed by atoms with E-state index in [4.69, 9.17) is 0 Å². The number of aromatic hydroxyl groups is 2. The van der Waals surface area contributed by atoms with Gasteiger partial charge in [0.1, 0.15) is 43.1 Å². The Bertz CT molecular complexity index is 2610. The Morgan fingerprint density at radius 1 is 0.527 bits per heavy atom. The van der Waals surface area contributed by atoms with Gasteiger partial charge in [0, 0.05) is 34.0 Å². The number of benzene rings is 6. The summed E-state index contributed by atoms with van der Waals surface area (Å²) >= 11 is 0. The molecule has 0 aliphatic heterocycles. The molecule has 6 aromatic rings. The van der Waals surface area contributed by atoms with Gasteiger partial charge >= 0.3 is 37.7 Å². The Balaban J connectivity index is 0.000000240. The van der Waals surface area contributed by atoms with Gasteiger partial charge in [-0.25, -0.2) is 16.8 Å². The first-order chi connectivity index (χ1) is 25.3. The quantitative estimate of drug-likeness (QED) is 0.0489. The molecule has 0 atom stereocenters. The number of hydrogen-bond acceptors (Lipinski definition) is 16. The fraction of sp³-hybridized carbons (Fsp3) is 0.0588. The average molecular weight is 813 g/mol. The maximum Gasteiger partial charge on any atom is 2.00 e. The van der Waals surface area contributed by atoms with Crippen molar-refractivity contribution < 1.29 is 46.0 Å². The van der Waals surface area contributed by atoms with E-state index in [9.17, 15) is 56.4 Å². The van der Waals surface area contributed by atoms with Gasteiger partial charge in [0.15, 0.2) is 0 Å². The van der Waals surface area contributed by atoms with Gasteiger partial charge in [0.2, 0.25) is 0 Å².